The van der Waals surface area contributed by atoms with Crippen LogP contribution in [0.4, 0.5) is 0 Å². The summed E-state index contributed by atoms with van der Waals surface area (Å²) in [5, 5.41) is 3.10. The largest absolute Gasteiger partial charge is 0.355 e. The Morgan fingerprint density at radius 3 is 2.35 bits per heavy atom. The lowest BCUT2D eigenvalue weighted by Crippen LogP contribution is -2.40. The molecular formula is C14H28N2O. The fourth-order valence-corrected chi connectivity index (χ4v) is 3.00. The summed E-state index contributed by atoms with van der Waals surface area (Å²) < 4.78 is 0. The number of nitrogens with one attached hydrogen (secondary N) is 1. The van der Waals surface area contributed by atoms with Crippen molar-refractivity contribution < 1.29 is 4.79 Å². The molecule has 3 N–H and O–H groups in total. The summed E-state index contributed by atoms with van der Waals surface area (Å²) >= 11 is 0. The summed E-state index contributed by atoms with van der Waals surface area (Å²) in [5.41, 5.74) is 5.87. The van der Waals surface area contributed by atoms with Crippen LogP contribution in [0.1, 0.15) is 52.9 Å². The van der Waals surface area contributed by atoms with E-state index in [2.05, 4.69) is 19.2 Å². The molecular weight excluding hydrogens is 212 g/mol. The fraction of sp³-hybridized carbons (Fsp3) is 0.929. The number of carbonyl (C=O) groups excluding carboxylic acids is 1. The maximum atomic E-state index is 11.8. The third kappa shape index (κ3) is 4.30. The van der Waals surface area contributed by atoms with Gasteiger partial charge in [-0.25, -0.2) is 0 Å². The standard InChI is InChI=1S/C14H28N2O/c1-11(2)8-14(6-4-5-7-14)10-16-13(17)12(3)9-15/h11-12H,4-10,15H2,1-3H3,(H,16,17). The zero-order chi connectivity index (χ0) is 12.9. The Labute approximate surface area is 106 Å². The van der Waals surface area contributed by atoms with Crippen LogP contribution >= 0.6 is 0 Å². The second kappa shape index (κ2) is 6.39. The van der Waals surface area contributed by atoms with Crippen LogP contribution in [-0.4, -0.2) is 19.0 Å². The second-order valence-electron chi connectivity index (χ2n) is 6.16. The minimum absolute atomic E-state index is 0.0625. The first kappa shape index (κ1) is 14.5. The van der Waals surface area contributed by atoms with Crippen LogP contribution in [0.3, 0.4) is 0 Å². The normalized spacial score (nSPS) is 20.5. The Kier molecular flexibility index (Phi) is 5.44. The van der Waals surface area contributed by atoms with E-state index < -0.39 is 0 Å². The van der Waals surface area contributed by atoms with E-state index in [0.29, 0.717) is 17.9 Å². The molecule has 17 heavy (non-hydrogen) atoms. The van der Waals surface area contributed by atoms with Gasteiger partial charge in [0.25, 0.3) is 0 Å². The molecule has 0 aromatic carbocycles. The monoisotopic (exact) mass is 240 g/mol. The van der Waals surface area contributed by atoms with E-state index >= 15 is 0 Å². The highest BCUT2D eigenvalue weighted by Crippen LogP contribution is 2.42. The van der Waals surface area contributed by atoms with Crippen LogP contribution in [-0.2, 0) is 4.79 Å². The minimum Gasteiger partial charge on any atom is -0.355 e. The molecule has 0 aromatic heterocycles. The number of carbonyl (C=O) groups is 1. The lowest BCUT2D eigenvalue weighted by molar-refractivity contribution is -0.124. The molecule has 1 atom stereocenters. The summed E-state index contributed by atoms with van der Waals surface area (Å²) in [7, 11) is 0. The van der Waals surface area contributed by atoms with Crippen molar-refractivity contribution in [2.45, 2.75) is 52.9 Å². The maximum absolute atomic E-state index is 11.8. The predicted molar refractivity (Wildman–Crippen MR) is 71.6 cm³/mol. The van der Waals surface area contributed by atoms with Gasteiger partial charge in [-0.3, -0.25) is 4.79 Å². The summed E-state index contributed by atoms with van der Waals surface area (Å²) in [6.07, 6.45) is 6.39. The van der Waals surface area contributed by atoms with E-state index in [1.807, 2.05) is 6.92 Å². The number of rotatable bonds is 6. The van der Waals surface area contributed by atoms with Crippen molar-refractivity contribution in [3.05, 3.63) is 0 Å². The molecule has 0 aromatic rings. The number of nitrogens with two attached hydrogens (primary N) is 1. The number of amides is 1. The maximum Gasteiger partial charge on any atom is 0.224 e. The van der Waals surface area contributed by atoms with Crippen molar-refractivity contribution in [1.29, 1.82) is 0 Å². The Bertz CT molecular complexity index is 245. The quantitative estimate of drug-likeness (QED) is 0.748. The lowest BCUT2D eigenvalue weighted by Gasteiger charge is -2.31. The van der Waals surface area contributed by atoms with Crippen LogP contribution in [0.25, 0.3) is 0 Å². The Hall–Kier alpha value is -0.570. The number of hydrogen-bond donors (Lipinski definition) is 2. The summed E-state index contributed by atoms with van der Waals surface area (Å²) in [6.45, 7) is 7.70. The van der Waals surface area contributed by atoms with E-state index in [4.69, 9.17) is 5.73 Å². The molecule has 0 radical (unpaired) electrons. The molecule has 100 valence electrons. The first-order chi connectivity index (χ1) is 7.99. The zero-order valence-corrected chi connectivity index (χ0v) is 11.6. The molecule has 1 fully saturated rings. The second-order valence-corrected chi connectivity index (χ2v) is 6.16. The first-order valence-electron chi connectivity index (χ1n) is 6.97. The molecule has 0 saturated heterocycles. The molecule has 3 nitrogen and oxygen atoms in total. The topological polar surface area (TPSA) is 55.1 Å². The van der Waals surface area contributed by atoms with Crippen LogP contribution in [0.15, 0.2) is 0 Å². The number of hydrogen-bond acceptors (Lipinski definition) is 2. The van der Waals surface area contributed by atoms with E-state index in [-0.39, 0.29) is 11.8 Å². The van der Waals surface area contributed by atoms with Gasteiger partial charge < -0.3 is 11.1 Å². The summed E-state index contributed by atoms with van der Waals surface area (Å²) in [5.74, 6) is 0.756. The molecule has 1 saturated carbocycles. The van der Waals surface area contributed by atoms with Crippen molar-refractivity contribution in [2.24, 2.45) is 23.0 Å². The molecule has 0 heterocycles. The van der Waals surface area contributed by atoms with Gasteiger partial charge in [0.15, 0.2) is 0 Å². The van der Waals surface area contributed by atoms with Crippen molar-refractivity contribution in [2.75, 3.05) is 13.1 Å². The van der Waals surface area contributed by atoms with E-state index in [1.54, 1.807) is 0 Å². The molecule has 0 aliphatic heterocycles. The lowest BCUT2D eigenvalue weighted by atomic mass is 9.78. The SMILES string of the molecule is CC(C)CC1(CNC(=O)C(C)CN)CCCC1. The van der Waals surface area contributed by atoms with Crippen molar-refractivity contribution in [3.8, 4) is 0 Å². The Morgan fingerprint density at radius 1 is 1.29 bits per heavy atom. The van der Waals surface area contributed by atoms with Crippen molar-refractivity contribution in [1.82, 2.24) is 5.32 Å². The third-order valence-electron chi connectivity index (χ3n) is 3.94. The molecule has 0 bridgehead atoms. The molecule has 1 unspecified atom stereocenters. The predicted octanol–water partition coefficient (Wildman–Crippen LogP) is 2.30. The smallest absolute Gasteiger partial charge is 0.224 e. The highest BCUT2D eigenvalue weighted by Gasteiger charge is 2.34. The van der Waals surface area contributed by atoms with Gasteiger partial charge >= 0.3 is 0 Å². The van der Waals surface area contributed by atoms with E-state index in [0.717, 1.165) is 6.54 Å². The first-order valence-corrected chi connectivity index (χ1v) is 6.97. The van der Waals surface area contributed by atoms with Gasteiger partial charge in [0.1, 0.15) is 0 Å². The molecule has 3 heteroatoms. The van der Waals surface area contributed by atoms with Crippen LogP contribution < -0.4 is 11.1 Å². The van der Waals surface area contributed by atoms with E-state index in [1.165, 1.54) is 32.1 Å². The molecule has 1 rings (SSSR count). The van der Waals surface area contributed by atoms with Crippen LogP contribution in [0.5, 0.6) is 0 Å². The van der Waals surface area contributed by atoms with Gasteiger partial charge in [0, 0.05) is 19.0 Å². The molecule has 1 aliphatic carbocycles. The summed E-state index contributed by atoms with van der Waals surface area (Å²) in [6, 6.07) is 0. The Balaban J connectivity index is 2.47. The van der Waals surface area contributed by atoms with Gasteiger partial charge in [-0.1, -0.05) is 33.6 Å². The summed E-state index contributed by atoms with van der Waals surface area (Å²) in [4.78, 5) is 11.8. The minimum atomic E-state index is -0.0625. The van der Waals surface area contributed by atoms with Gasteiger partial charge in [0.2, 0.25) is 5.91 Å². The average Bonchev–Trinajstić information content (AvgIpc) is 2.73. The highest BCUT2D eigenvalue weighted by atomic mass is 16.1. The van der Waals surface area contributed by atoms with Gasteiger partial charge in [0.05, 0.1) is 0 Å². The molecule has 0 spiro atoms. The van der Waals surface area contributed by atoms with Crippen molar-refractivity contribution in [3.63, 3.8) is 0 Å². The van der Waals surface area contributed by atoms with Crippen LogP contribution in [0.2, 0.25) is 0 Å². The molecule has 1 aliphatic rings. The zero-order valence-electron chi connectivity index (χ0n) is 11.6. The van der Waals surface area contributed by atoms with Gasteiger partial charge in [-0.05, 0) is 30.6 Å². The average molecular weight is 240 g/mol. The van der Waals surface area contributed by atoms with Gasteiger partial charge in [-0.2, -0.15) is 0 Å². The fourth-order valence-electron chi connectivity index (χ4n) is 3.00. The van der Waals surface area contributed by atoms with Gasteiger partial charge in [-0.15, -0.1) is 0 Å². The van der Waals surface area contributed by atoms with E-state index in [9.17, 15) is 4.79 Å². The molecule has 1 amide bonds. The third-order valence-corrected chi connectivity index (χ3v) is 3.94. The van der Waals surface area contributed by atoms with Crippen molar-refractivity contribution >= 4 is 5.91 Å². The Morgan fingerprint density at radius 2 is 1.88 bits per heavy atom. The van der Waals surface area contributed by atoms with Crippen LogP contribution in [0, 0.1) is 17.3 Å². The highest BCUT2D eigenvalue weighted by molar-refractivity contribution is 5.78.